The van der Waals surface area contributed by atoms with E-state index in [-0.39, 0.29) is 11.4 Å². The zero-order valence-corrected chi connectivity index (χ0v) is 7.82. The molecule has 0 saturated carbocycles. The maximum absolute atomic E-state index is 10.5. The zero-order valence-electron chi connectivity index (χ0n) is 7.82. The molecule has 1 unspecified atom stereocenters. The average molecular weight is 215 g/mol. The minimum Gasteiger partial charge on any atom is -0.481 e. The topological polar surface area (TPSA) is 118 Å². The van der Waals surface area contributed by atoms with Gasteiger partial charge in [-0.3, -0.25) is 19.6 Å². The molecule has 2 N–H and O–H groups in total. The number of hydrogen-bond acceptors (Lipinski definition) is 5. The second-order valence-corrected chi connectivity index (χ2v) is 2.91. The number of aryl methyl sites for hydroxylation is 1. The molecule has 8 heteroatoms. The van der Waals surface area contributed by atoms with Crippen molar-refractivity contribution in [3.63, 3.8) is 0 Å². The number of carboxylic acids is 1. The molecule has 0 aliphatic heterocycles. The van der Waals surface area contributed by atoms with Crippen molar-refractivity contribution >= 4 is 11.7 Å². The van der Waals surface area contributed by atoms with Gasteiger partial charge >= 0.3 is 11.7 Å². The third-order valence-corrected chi connectivity index (χ3v) is 1.84. The lowest BCUT2D eigenvalue weighted by molar-refractivity contribution is -0.386. The Kier molecular flexibility index (Phi) is 3.00. The molecule has 0 aliphatic carbocycles. The van der Waals surface area contributed by atoms with Gasteiger partial charge in [0.2, 0.25) is 0 Å². The largest absolute Gasteiger partial charge is 0.481 e. The summed E-state index contributed by atoms with van der Waals surface area (Å²) in [6.07, 6.45) is -1.06. The third-order valence-electron chi connectivity index (χ3n) is 1.84. The fourth-order valence-electron chi connectivity index (χ4n) is 1.22. The summed E-state index contributed by atoms with van der Waals surface area (Å²) in [5, 5.41) is 32.0. The first-order valence-electron chi connectivity index (χ1n) is 3.99. The van der Waals surface area contributed by atoms with Crippen molar-refractivity contribution in [2.24, 2.45) is 7.05 Å². The first-order chi connectivity index (χ1) is 6.93. The molecule has 1 aromatic heterocycles. The normalized spacial score (nSPS) is 12.4. The first kappa shape index (κ1) is 11.1. The van der Waals surface area contributed by atoms with E-state index in [4.69, 9.17) is 5.11 Å². The number of rotatable bonds is 4. The first-order valence-corrected chi connectivity index (χ1v) is 3.99. The van der Waals surface area contributed by atoms with Crippen molar-refractivity contribution in [3.8, 4) is 0 Å². The average Bonchev–Trinajstić information content (AvgIpc) is 2.45. The Bertz CT molecular complexity index is 399. The summed E-state index contributed by atoms with van der Waals surface area (Å²) in [6.45, 7) is 0. The van der Waals surface area contributed by atoms with E-state index in [0.29, 0.717) is 0 Å². The molecule has 0 aromatic carbocycles. The van der Waals surface area contributed by atoms with E-state index in [1.165, 1.54) is 7.05 Å². The second-order valence-electron chi connectivity index (χ2n) is 2.91. The van der Waals surface area contributed by atoms with E-state index in [9.17, 15) is 20.0 Å². The van der Waals surface area contributed by atoms with Crippen LogP contribution in [0.25, 0.3) is 0 Å². The number of nitro groups is 1. The van der Waals surface area contributed by atoms with Gasteiger partial charge in [0.1, 0.15) is 18.0 Å². The van der Waals surface area contributed by atoms with E-state index in [0.717, 1.165) is 10.9 Å². The van der Waals surface area contributed by atoms with E-state index in [2.05, 4.69) is 5.10 Å². The highest BCUT2D eigenvalue weighted by molar-refractivity contribution is 5.67. The van der Waals surface area contributed by atoms with Gasteiger partial charge in [0.05, 0.1) is 11.3 Å². The molecular weight excluding hydrogens is 206 g/mol. The lowest BCUT2D eigenvalue weighted by Gasteiger charge is -2.07. The number of nitrogens with zero attached hydrogens (tertiary/aromatic N) is 3. The van der Waals surface area contributed by atoms with Crippen LogP contribution in [0.2, 0.25) is 0 Å². The molecule has 1 aromatic rings. The highest BCUT2D eigenvalue weighted by Crippen LogP contribution is 2.25. The molecule has 8 nitrogen and oxygen atoms in total. The minimum absolute atomic E-state index is 0.109. The Morgan fingerprint density at radius 3 is 2.87 bits per heavy atom. The summed E-state index contributed by atoms with van der Waals surface area (Å²) in [5.74, 6) is -1.24. The molecule has 15 heavy (non-hydrogen) atoms. The molecule has 0 amide bonds. The summed E-state index contributed by atoms with van der Waals surface area (Å²) in [5.41, 5.74) is -0.492. The predicted octanol–water partition coefficient (Wildman–Crippen LogP) is -0.164. The summed E-state index contributed by atoms with van der Waals surface area (Å²) in [4.78, 5) is 20.1. The van der Waals surface area contributed by atoms with E-state index >= 15 is 0 Å². The molecule has 0 saturated heterocycles. The second kappa shape index (κ2) is 4.05. The van der Waals surface area contributed by atoms with Gasteiger partial charge in [-0.2, -0.15) is 5.10 Å². The number of aromatic nitrogens is 2. The van der Waals surface area contributed by atoms with Crippen LogP contribution >= 0.6 is 0 Å². The van der Waals surface area contributed by atoms with Crippen molar-refractivity contribution < 1.29 is 19.9 Å². The zero-order chi connectivity index (χ0) is 11.6. The SMILES string of the molecule is Cn1ncc([N+](=O)[O-])c1C(O)CC(=O)O. The number of aliphatic hydroxyl groups is 1. The lowest BCUT2D eigenvalue weighted by Crippen LogP contribution is -2.11. The fraction of sp³-hybridized carbons (Fsp3) is 0.429. The molecule has 82 valence electrons. The van der Waals surface area contributed by atoms with Crippen LogP contribution in [0.15, 0.2) is 6.20 Å². The maximum Gasteiger partial charge on any atom is 0.312 e. The van der Waals surface area contributed by atoms with Gasteiger partial charge < -0.3 is 10.2 Å². The number of carboxylic acid groups (broad SMARTS) is 1. The monoisotopic (exact) mass is 215 g/mol. The standard InChI is InChI=1S/C7H9N3O5/c1-9-7(5(11)2-6(12)13)4(3-8-9)10(14)15/h3,5,11H,2H2,1H3,(H,12,13). The van der Waals surface area contributed by atoms with Crippen LogP contribution in [0, 0.1) is 10.1 Å². The van der Waals surface area contributed by atoms with Crippen molar-refractivity contribution in [3.05, 3.63) is 22.0 Å². The van der Waals surface area contributed by atoms with Crippen molar-refractivity contribution in [1.29, 1.82) is 0 Å². The predicted molar refractivity (Wildman–Crippen MR) is 47.1 cm³/mol. The van der Waals surface area contributed by atoms with Crippen LogP contribution in [0.4, 0.5) is 5.69 Å². The van der Waals surface area contributed by atoms with E-state index < -0.39 is 23.4 Å². The third kappa shape index (κ3) is 2.29. The van der Waals surface area contributed by atoms with E-state index in [1.54, 1.807) is 0 Å². The highest BCUT2D eigenvalue weighted by Gasteiger charge is 2.26. The molecule has 0 spiro atoms. The molecule has 1 heterocycles. The van der Waals surface area contributed by atoms with Gasteiger partial charge in [-0.05, 0) is 0 Å². The quantitative estimate of drug-likeness (QED) is 0.532. The van der Waals surface area contributed by atoms with Gasteiger partial charge in [-0.25, -0.2) is 0 Å². The molecule has 1 atom stereocenters. The molecule has 1 rings (SSSR count). The minimum atomic E-state index is -1.43. The number of aliphatic carboxylic acids is 1. The number of carbonyl (C=O) groups is 1. The molecular formula is C7H9N3O5. The summed E-state index contributed by atoms with van der Waals surface area (Å²) < 4.78 is 1.09. The van der Waals surface area contributed by atoms with Gasteiger partial charge in [-0.1, -0.05) is 0 Å². The molecule has 0 fully saturated rings. The van der Waals surface area contributed by atoms with Crippen molar-refractivity contribution in [2.45, 2.75) is 12.5 Å². The Morgan fingerprint density at radius 1 is 1.80 bits per heavy atom. The summed E-state index contributed by atoms with van der Waals surface area (Å²) in [6, 6.07) is 0. The fourth-order valence-corrected chi connectivity index (χ4v) is 1.22. The van der Waals surface area contributed by atoms with Gasteiger partial charge in [0.25, 0.3) is 0 Å². The van der Waals surface area contributed by atoms with Gasteiger partial charge in [0.15, 0.2) is 0 Å². The Balaban J connectivity index is 3.05. The van der Waals surface area contributed by atoms with Crippen LogP contribution in [-0.2, 0) is 11.8 Å². The van der Waals surface area contributed by atoms with Crippen LogP contribution in [0.1, 0.15) is 18.2 Å². The number of aliphatic hydroxyl groups excluding tert-OH is 1. The van der Waals surface area contributed by atoms with Crippen molar-refractivity contribution in [2.75, 3.05) is 0 Å². The van der Waals surface area contributed by atoms with Crippen LogP contribution in [-0.4, -0.2) is 30.9 Å². The Hall–Kier alpha value is -1.96. The van der Waals surface area contributed by atoms with Crippen LogP contribution in [0.5, 0.6) is 0 Å². The maximum atomic E-state index is 10.5. The molecule has 0 bridgehead atoms. The van der Waals surface area contributed by atoms with Crippen LogP contribution in [0.3, 0.4) is 0 Å². The Morgan fingerprint density at radius 2 is 2.40 bits per heavy atom. The van der Waals surface area contributed by atoms with E-state index in [1.807, 2.05) is 0 Å². The summed E-state index contributed by atoms with van der Waals surface area (Å²) in [7, 11) is 1.40. The van der Waals surface area contributed by atoms with Crippen LogP contribution < -0.4 is 0 Å². The van der Waals surface area contributed by atoms with Gasteiger partial charge in [0, 0.05) is 7.05 Å². The summed E-state index contributed by atoms with van der Waals surface area (Å²) >= 11 is 0. The van der Waals surface area contributed by atoms with Crippen molar-refractivity contribution in [1.82, 2.24) is 9.78 Å². The number of hydrogen-bond donors (Lipinski definition) is 2. The highest BCUT2D eigenvalue weighted by atomic mass is 16.6. The smallest absolute Gasteiger partial charge is 0.312 e. The van der Waals surface area contributed by atoms with Gasteiger partial charge in [-0.15, -0.1) is 0 Å². The molecule has 0 aliphatic rings. The lowest BCUT2D eigenvalue weighted by atomic mass is 10.1. The molecule has 0 radical (unpaired) electrons. The Labute approximate surface area is 83.9 Å².